The summed E-state index contributed by atoms with van der Waals surface area (Å²) in [5, 5.41) is 3.55. The molecule has 1 heterocycles. The lowest BCUT2D eigenvalue weighted by Gasteiger charge is -2.15. The van der Waals surface area contributed by atoms with Crippen LogP contribution in [0.2, 0.25) is 0 Å². The van der Waals surface area contributed by atoms with Gasteiger partial charge in [0, 0.05) is 42.1 Å². The molecule has 0 aliphatic heterocycles. The Bertz CT molecular complexity index is 634. The second kappa shape index (κ2) is 6.20. The Hall–Kier alpha value is -1.33. The van der Waals surface area contributed by atoms with Crippen LogP contribution in [-0.4, -0.2) is 15.6 Å². The first-order valence-corrected chi connectivity index (χ1v) is 8.04. The highest BCUT2D eigenvalue weighted by molar-refractivity contribution is 9.10. The third-order valence-corrected chi connectivity index (χ3v) is 4.20. The lowest BCUT2D eigenvalue weighted by atomic mass is 10.1. The third-order valence-electron chi connectivity index (χ3n) is 3.74. The van der Waals surface area contributed by atoms with Gasteiger partial charge in [-0.2, -0.15) is 0 Å². The van der Waals surface area contributed by atoms with Gasteiger partial charge in [-0.3, -0.25) is 0 Å². The van der Waals surface area contributed by atoms with Crippen LogP contribution in [0.1, 0.15) is 29.8 Å². The maximum atomic E-state index is 6.06. The number of benzene rings is 1. The van der Waals surface area contributed by atoms with Crippen molar-refractivity contribution in [3.63, 3.8) is 0 Å². The number of hydrogen-bond acceptors (Lipinski definition) is 3. The van der Waals surface area contributed by atoms with E-state index in [0.29, 0.717) is 12.6 Å². The van der Waals surface area contributed by atoms with Crippen molar-refractivity contribution in [3.8, 4) is 5.75 Å². The monoisotopic (exact) mass is 349 g/mol. The predicted molar refractivity (Wildman–Crippen MR) is 86.3 cm³/mol. The molecular weight excluding hydrogens is 330 g/mol. The maximum Gasteiger partial charge on any atom is 0.146 e. The number of hydrogen-bond donors (Lipinski definition) is 1. The number of nitrogens with zero attached hydrogens (tertiary/aromatic N) is 2. The Balaban J connectivity index is 1.76. The van der Waals surface area contributed by atoms with Gasteiger partial charge in [-0.15, -0.1) is 0 Å². The van der Waals surface area contributed by atoms with Crippen molar-refractivity contribution >= 4 is 15.9 Å². The molecule has 3 rings (SSSR count). The van der Waals surface area contributed by atoms with Gasteiger partial charge in [0.2, 0.25) is 0 Å². The molecule has 1 fully saturated rings. The molecule has 1 aliphatic carbocycles. The number of aryl methyl sites for hydroxylation is 2. The van der Waals surface area contributed by atoms with Crippen LogP contribution in [0.3, 0.4) is 0 Å². The Morgan fingerprint density at radius 2 is 2.24 bits per heavy atom. The van der Waals surface area contributed by atoms with Crippen LogP contribution in [0, 0.1) is 6.92 Å². The van der Waals surface area contributed by atoms with Gasteiger partial charge in [-0.05, 0) is 37.5 Å². The van der Waals surface area contributed by atoms with Crippen LogP contribution in [0.25, 0.3) is 0 Å². The highest BCUT2D eigenvalue weighted by Crippen LogP contribution is 2.30. The average molecular weight is 350 g/mol. The molecule has 0 unspecified atom stereocenters. The molecule has 1 saturated carbocycles. The zero-order valence-electron chi connectivity index (χ0n) is 12.4. The van der Waals surface area contributed by atoms with Crippen LogP contribution in [0.4, 0.5) is 0 Å². The van der Waals surface area contributed by atoms with Crippen LogP contribution < -0.4 is 10.1 Å². The molecule has 0 radical (unpaired) electrons. The van der Waals surface area contributed by atoms with E-state index in [1.54, 1.807) is 6.20 Å². The third kappa shape index (κ3) is 3.66. The number of imidazole rings is 1. The van der Waals surface area contributed by atoms with Gasteiger partial charge < -0.3 is 14.6 Å². The van der Waals surface area contributed by atoms with Gasteiger partial charge in [0.1, 0.15) is 18.2 Å². The number of rotatable bonds is 6. The van der Waals surface area contributed by atoms with Crippen LogP contribution >= 0.6 is 15.9 Å². The number of nitrogens with one attached hydrogen (secondary N) is 1. The van der Waals surface area contributed by atoms with E-state index in [0.717, 1.165) is 28.2 Å². The van der Waals surface area contributed by atoms with E-state index in [9.17, 15) is 0 Å². The first-order chi connectivity index (χ1) is 10.1. The molecule has 5 heteroatoms. The molecule has 2 aromatic rings. The minimum Gasteiger partial charge on any atom is -0.485 e. The molecule has 0 bridgehead atoms. The normalized spacial score (nSPS) is 14.4. The van der Waals surface area contributed by atoms with Crippen LogP contribution in [0.15, 0.2) is 29.0 Å². The second-order valence-corrected chi connectivity index (χ2v) is 6.52. The van der Waals surface area contributed by atoms with Crippen molar-refractivity contribution in [2.75, 3.05) is 0 Å². The summed E-state index contributed by atoms with van der Waals surface area (Å²) in [6.07, 6.45) is 6.30. The second-order valence-electron chi connectivity index (χ2n) is 5.61. The van der Waals surface area contributed by atoms with E-state index in [-0.39, 0.29) is 0 Å². The van der Waals surface area contributed by atoms with Gasteiger partial charge >= 0.3 is 0 Å². The Kier molecular flexibility index (Phi) is 4.31. The molecule has 0 spiro atoms. The summed E-state index contributed by atoms with van der Waals surface area (Å²) < 4.78 is 9.13. The number of aromatic nitrogens is 2. The van der Waals surface area contributed by atoms with Crippen molar-refractivity contribution < 1.29 is 4.74 Å². The lowest BCUT2D eigenvalue weighted by molar-refractivity contribution is 0.286. The maximum absolute atomic E-state index is 6.06. The molecule has 21 heavy (non-hydrogen) atoms. The summed E-state index contributed by atoms with van der Waals surface area (Å²) in [5.41, 5.74) is 2.34. The fraction of sp³-hybridized carbons (Fsp3) is 0.438. The minimum absolute atomic E-state index is 0.488. The number of ether oxygens (including phenoxy) is 1. The highest BCUT2D eigenvalue weighted by atomic mass is 79.9. The Morgan fingerprint density at radius 1 is 1.43 bits per heavy atom. The topological polar surface area (TPSA) is 39.1 Å². The summed E-state index contributed by atoms with van der Waals surface area (Å²) in [4.78, 5) is 4.31. The molecule has 4 nitrogen and oxygen atoms in total. The van der Waals surface area contributed by atoms with E-state index in [1.807, 2.05) is 17.8 Å². The van der Waals surface area contributed by atoms with Gasteiger partial charge in [0.05, 0.1) is 0 Å². The van der Waals surface area contributed by atoms with Gasteiger partial charge in [0.15, 0.2) is 0 Å². The molecular formula is C16H20BrN3O. The Labute approximate surface area is 133 Å². The summed E-state index contributed by atoms with van der Waals surface area (Å²) >= 11 is 3.57. The highest BCUT2D eigenvalue weighted by Gasteiger charge is 2.21. The summed E-state index contributed by atoms with van der Waals surface area (Å²) in [6, 6.07) is 4.91. The van der Waals surface area contributed by atoms with Gasteiger partial charge in [-0.1, -0.05) is 15.9 Å². The molecule has 112 valence electrons. The average Bonchev–Trinajstić information content (AvgIpc) is 3.18. The van der Waals surface area contributed by atoms with Crippen molar-refractivity contribution in [1.82, 2.24) is 14.9 Å². The molecule has 1 N–H and O–H groups in total. The molecule has 1 aliphatic rings. The summed E-state index contributed by atoms with van der Waals surface area (Å²) in [5.74, 6) is 1.90. The molecule has 0 amide bonds. The van der Waals surface area contributed by atoms with E-state index in [1.165, 1.54) is 18.4 Å². The zero-order chi connectivity index (χ0) is 14.8. The first kappa shape index (κ1) is 14.6. The lowest BCUT2D eigenvalue weighted by Crippen LogP contribution is -2.16. The van der Waals surface area contributed by atoms with Crippen LogP contribution in [-0.2, 0) is 20.2 Å². The molecule has 0 atom stereocenters. The van der Waals surface area contributed by atoms with Crippen LogP contribution in [0.5, 0.6) is 5.75 Å². The first-order valence-electron chi connectivity index (χ1n) is 7.25. The van der Waals surface area contributed by atoms with Gasteiger partial charge in [0.25, 0.3) is 0 Å². The van der Waals surface area contributed by atoms with Gasteiger partial charge in [-0.25, -0.2) is 4.98 Å². The predicted octanol–water partition coefficient (Wildman–Crippen LogP) is 3.32. The molecule has 1 aromatic carbocycles. The van der Waals surface area contributed by atoms with Crippen molar-refractivity contribution in [3.05, 3.63) is 46.0 Å². The van der Waals surface area contributed by atoms with Crippen molar-refractivity contribution in [1.29, 1.82) is 0 Å². The zero-order valence-corrected chi connectivity index (χ0v) is 14.0. The van der Waals surface area contributed by atoms with Crippen molar-refractivity contribution in [2.24, 2.45) is 7.05 Å². The van der Waals surface area contributed by atoms with E-state index in [2.05, 4.69) is 45.3 Å². The fourth-order valence-corrected chi connectivity index (χ4v) is 2.97. The van der Waals surface area contributed by atoms with E-state index in [4.69, 9.17) is 4.74 Å². The standard InChI is InChI=1S/C16H20BrN3O/c1-11-7-13(17)8-12(9-19-14-3-4-14)16(11)21-10-15-18-5-6-20(15)2/h5-8,14,19H,3-4,9-10H2,1-2H3. The fourth-order valence-electron chi connectivity index (χ4n) is 2.35. The van der Waals surface area contributed by atoms with Crippen molar-refractivity contribution in [2.45, 2.75) is 39.0 Å². The molecule has 1 aromatic heterocycles. The van der Waals surface area contributed by atoms with E-state index < -0.39 is 0 Å². The minimum atomic E-state index is 0.488. The SMILES string of the molecule is Cc1cc(Br)cc(CNC2CC2)c1OCc1nccn1C. The Morgan fingerprint density at radius 3 is 2.90 bits per heavy atom. The summed E-state index contributed by atoms with van der Waals surface area (Å²) in [6.45, 7) is 3.42. The quantitative estimate of drug-likeness (QED) is 0.869. The van der Waals surface area contributed by atoms with E-state index >= 15 is 0 Å². The smallest absolute Gasteiger partial charge is 0.146 e. The largest absolute Gasteiger partial charge is 0.485 e. The molecule has 0 saturated heterocycles. The number of halogens is 1. The summed E-state index contributed by atoms with van der Waals surface area (Å²) in [7, 11) is 1.98.